The highest BCUT2D eigenvalue weighted by Crippen LogP contribution is 2.29. The fraction of sp³-hybridized carbons (Fsp3) is 0. The molecular weight excluding hydrogens is 393 g/mol. The van der Waals surface area contributed by atoms with E-state index in [2.05, 4.69) is 20.7 Å². The summed E-state index contributed by atoms with van der Waals surface area (Å²) in [4.78, 5) is 22.2. The molecule has 1 heterocycles. The third-order valence-electron chi connectivity index (χ3n) is 3.51. The van der Waals surface area contributed by atoms with Crippen LogP contribution in [0, 0.1) is 10.1 Å². The Balaban J connectivity index is 1.67. The second-order valence-electron chi connectivity index (χ2n) is 5.34. The number of nitrogens with zero attached hydrogens (tertiary/aromatic N) is 3. The first-order chi connectivity index (χ1) is 12.9. The van der Waals surface area contributed by atoms with Gasteiger partial charge < -0.3 is 0 Å². The molecule has 3 aromatic rings. The number of non-ortho nitro benzene ring substituents is 1. The van der Waals surface area contributed by atoms with Crippen molar-refractivity contribution < 1.29 is 9.72 Å². The molecule has 10 heteroatoms. The van der Waals surface area contributed by atoms with Crippen molar-refractivity contribution in [1.82, 2.24) is 15.6 Å². The maximum atomic E-state index is 12.1. The van der Waals surface area contributed by atoms with E-state index in [1.165, 1.54) is 36.5 Å². The summed E-state index contributed by atoms with van der Waals surface area (Å²) in [6.07, 6.45) is 1.37. The molecule has 0 unspecified atom stereocenters. The zero-order valence-electron chi connectivity index (χ0n) is 13.5. The molecule has 0 atom stereocenters. The van der Waals surface area contributed by atoms with Gasteiger partial charge in [0.15, 0.2) is 0 Å². The van der Waals surface area contributed by atoms with E-state index in [0.717, 1.165) is 0 Å². The van der Waals surface area contributed by atoms with Crippen LogP contribution in [0.25, 0.3) is 11.3 Å². The lowest BCUT2D eigenvalue weighted by Crippen LogP contribution is -2.17. The second-order valence-corrected chi connectivity index (χ2v) is 6.18. The molecule has 3 rings (SSSR count). The number of aromatic amines is 1. The van der Waals surface area contributed by atoms with Crippen LogP contribution in [-0.4, -0.2) is 27.2 Å². The molecule has 1 aromatic heterocycles. The van der Waals surface area contributed by atoms with Gasteiger partial charge in [-0.2, -0.15) is 10.2 Å². The highest BCUT2D eigenvalue weighted by Gasteiger charge is 2.13. The van der Waals surface area contributed by atoms with E-state index in [1.54, 1.807) is 18.2 Å². The summed E-state index contributed by atoms with van der Waals surface area (Å²) >= 11 is 12.1. The van der Waals surface area contributed by atoms with E-state index in [4.69, 9.17) is 23.2 Å². The van der Waals surface area contributed by atoms with E-state index >= 15 is 0 Å². The van der Waals surface area contributed by atoms with E-state index in [-0.39, 0.29) is 11.4 Å². The first kappa shape index (κ1) is 18.6. The average molecular weight is 404 g/mol. The smallest absolute Gasteiger partial charge is 0.272 e. The van der Waals surface area contributed by atoms with Gasteiger partial charge in [0.1, 0.15) is 5.69 Å². The van der Waals surface area contributed by atoms with Crippen LogP contribution in [-0.2, 0) is 0 Å². The maximum absolute atomic E-state index is 12.1. The van der Waals surface area contributed by atoms with Gasteiger partial charge in [-0.1, -0.05) is 23.2 Å². The predicted octanol–water partition coefficient (Wildman–Crippen LogP) is 4.06. The fourth-order valence-electron chi connectivity index (χ4n) is 2.18. The number of carbonyl (C=O) groups excluding carboxylic acids is 1. The number of amides is 1. The van der Waals surface area contributed by atoms with Crippen molar-refractivity contribution in [1.29, 1.82) is 0 Å². The van der Waals surface area contributed by atoms with Crippen molar-refractivity contribution in [2.75, 3.05) is 0 Å². The predicted molar refractivity (Wildman–Crippen MR) is 102 cm³/mol. The lowest BCUT2D eigenvalue weighted by molar-refractivity contribution is -0.384. The normalized spacial score (nSPS) is 10.9. The van der Waals surface area contributed by atoms with Crippen LogP contribution in [0.1, 0.15) is 16.1 Å². The summed E-state index contributed by atoms with van der Waals surface area (Å²) in [6.45, 7) is 0. The number of hydrogen-bond acceptors (Lipinski definition) is 5. The molecule has 0 fully saturated rings. The third kappa shape index (κ3) is 4.49. The standard InChI is InChI=1S/C17H11Cl2N5O3/c18-11-3-6-14(19)13(7-11)15-8-16(22-21-15)17(25)23-20-9-10-1-4-12(5-2-10)24(26)27/h1-9H,(H,21,22)(H,23,25)/b20-9+. The Morgan fingerprint density at radius 2 is 1.93 bits per heavy atom. The van der Waals surface area contributed by atoms with Crippen molar-refractivity contribution in [3.05, 3.63) is 79.9 Å². The van der Waals surface area contributed by atoms with E-state index < -0.39 is 10.8 Å². The topological polar surface area (TPSA) is 113 Å². The Kier molecular flexibility index (Phi) is 5.49. The average Bonchev–Trinajstić information content (AvgIpc) is 3.14. The van der Waals surface area contributed by atoms with Gasteiger partial charge in [0.05, 0.1) is 21.9 Å². The summed E-state index contributed by atoms with van der Waals surface area (Å²) in [5.74, 6) is -0.509. The molecule has 27 heavy (non-hydrogen) atoms. The van der Waals surface area contributed by atoms with Gasteiger partial charge in [-0.3, -0.25) is 20.0 Å². The van der Waals surface area contributed by atoms with Gasteiger partial charge in [-0.25, -0.2) is 5.43 Å². The van der Waals surface area contributed by atoms with Gasteiger partial charge >= 0.3 is 0 Å². The Hall–Kier alpha value is -3.23. The molecule has 8 nitrogen and oxygen atoms in total. The van der Waals surface area contributed by atoms with Crippen LogP contribution in [0.3, 0.4) is 0 Å². The summed E-state index contributed by atoms with van der Waals surface area (Å²) in [7, 11) is 0. The maximum Gasteiger partial charge on any atom is 0.289 e. The Morgan fingerprint density at radius 1 is 1.19 bits per heavy atom. The quantitative estimate of drug-likeness (QED) is 0.379. The van der Waals surface area contributed by atoms with Crippen molar-refractivity contribution >= 4 is 41.0 Å². The van der Waals surface area contributed by atoms with Crippen molar-refractivity contribution in [2.24, 2.45) is 5.10 Å². The van der Waals surface area contributed by atoms with Gasteiger partial charge in [-0.05, 0) is 42.0 Å². The van der Waals surface area contributed by atoms with Crippen molar-refractivity contribution in [2.45, 2.75) is 0 Å². The number of rotatable bonds is 5. The number of nitrogens with one attached hydrogen (secondary N) is 2. The van der Waals surface area contributed by atoms with Gasteiger partial charge in [0.2, 0.25) is 0 Å². The number of nitro benzene ring substituents is 1. The van der Waals surface area contributed by atoms with Gasteiger partial charge in [0.25, 0.3) is 11.6 Å². The molecule has 2 aromatic carbocycles. The minimum absolute atomic E-state index is 0.0270. The molecule has 0 saturated carbocycles. The van der Waals surface area contributed by atoms with Crippen LogP contribution >= 0.6 is 23.2 Å². The Labute approximate surface area is 163 Å². The van der Waals surface area contributed by atoms with E-state index in [0.29, 0.717) is 26.9 Å². The van der Waals surface area contributed by atoms with Crippen LogP contribution in [0.5, 0.6) is 0 Å². The molecule has 0 aliphatic heterocycles. The van der Waals surface area contributed by atoms with Crippen molar-refractivity contribution in [3.63, 3.8) is 0 Å². The molecular formula is C17H11Cl2N5O3. The Morgan fingerprint density at radius 3 is 2.63 bits per heavy atom. The second kappa shape index (κ2) is 7.98. The number of hydrazone groups is 1. The SMILES string of the molecule is O=C(N/N=C/c1ccc([N+](=O)[O-])cc1)c1cc(-c2cc(Cl)ccc2Cl)n[nH]1. The lowest BCUT2D eigenvalue weighted by Gasteiger charge is -2.00. The summed E-state index contributed by atoms with van der Waals surface area (Å²) in [6, 6.07) is 12.2. The monoisotopic (exact) mass is 403 g/mol. The van der Waals surface area contributed by atoms with E-state index in [1.807, 2.05) is 0 Å². The Bertz CT molecular complexity index is 1030. The molecule has 0 radical (unpaired) electrons. The molecule has 136 valence electrons. The summed E-state index contributed by atoms with van der Waals surface area (Å²) in [5.41, 5.74) is 4.15. The largest absolute Gasteiger partial charge is 0.289 e. The minimum atomic E-state index is -0.509. The molecule has 0 saturated heterocycles. The number of hydrogen-bond donors (Lipinski definition) is 2. The van der Waals surface area contributed by atoms with Crippen LogP contribution in [0.4, 0.5) is 5.69 Å². The van der Waals surface area contributed by atoms with Crippen LogP contribution < -0.4 is 5.43 Å². The number of carbonyl (C=O) groups is 1. The molecule has 0 spiro atoms. The summed E-state index contributed by atoms with van der Waals surface area (Å²) in [5, 5.41) is 22.0. The van der Waals surface area contributed by atoms with Crippen molar-refractivity contribution in [3.8, 4) is 11.3 Å². The number of H-pyrrole nitrogens is 1. The molecule has 2 N–H and O–H groups in total. The molecule has 0 aliphatic rings. The number of benzene rings is 2. The first-order valence-electron chi connectivity index (χ1n) is 7.53. The number of nitro groups is 1. The fourth-order valence-corrected chi connectivity index (χ4v) is 2.56. The zero-order chi connectivity index (χ0) is 19.4. The highest BCUT2D eigenvalue weighted by molar-refractivity contribution is 6.35. The molecule has 1 amide bonds. The van der Waals surface area contributed by atoms with Gasteiger partial charge in [-0.15, -0.1) is 0 Å². The molecule has 0 bridgehead atoms. The lowest BCUT2D eigenvalue weighted by atomic mass is 10.1. The van der Waals surface area contributed by atoms with Crippen LogP contribution in [0.15, 0.2) is 53.6 Å². The summed E-state index contributed by atoms with van der Waals surface area (Å²) < 4.78 is 0. The molecule has 0 aliphatic carbocycles. The third-order valence-corrected chi connectivity index (χ3v) is 4.08. The van der Waals surface area contributed by atoms with Gasteiger partial charge in [0, 0.05) is 22.7 Å². The van der Waals surface area contributed by atoms with E-state index in [9.17, 15) is 14.9 Å². The number of halogens is 2. The number of aromatic nitrogens is 2. The zero-order valence-corrected chi connectivity index (χ0v) is 15.0. The highest BCUT2D eigenvalue weighted by atomic mass is 35.5. The van der Waals surface area contributed by atoms with Crippen LogP contribution in [0.2, 0.25) is 10.0 Å². The minimum Gasteiger partial charge on any atom is -0.272 e. The first-order valence-corrected chi connectivity index (χ1v) is 8.28.